The number of carbonyl (C=O) groups is 1. The number of hydrogen-bond acceptors (Lipinski definition) is 2. The number of aryl methyl sites for hydroxylation is 1. The Morgan fingerprint density at radius 3 is 2.41 bits per heavy atom. The summed E-state index contributed by atoms with van der Waals surface area (Å²) < 4.78 is 37.7. The molecule has 0 fully saturated rings. The molecule has 0 radical (unpaired) electrons. The molecule has 3 nitrogen and oxygen atoms in total. The van der Waals surface area contributed by atoms with E-state index >= 15 is 0 Å². The standard InChI is InChI=1S/C10H8ClF3O3/c11-7-3-5(1-2-9(16)17)6(4-8(7)15)10(12,13)14/h3-4,15H,1-2H2,(H,16,17). The Morgan fingerprint density at radius 1 is 1.35 bits per heavy atom. The lowest BCUT2D eigenvalue weighted by Gasteiger charge is -2.13. The second kappa shape index (κ2) is 4.83. The van der Waals surface area contributed by atoms with Crippen LogP contribution in [-0.2, 0) is 17.4 Å². The van der Waals surface area contributed by atoms with E-state index in [-0.39, 0.29) is 17.0 Å². The Labute approximate surface area is 99.4 Å². The molecule has 0 saturated heterocycles. The fourth-order valence-electron chi connectivity index (χ4n) is 1.32. The van der Waals surface area contributed by atoms with Crippen molar-refractivity contribution in [3.8, 4) is 5.75 Å². The van der Waals surface area contributed by atoms with Crippen LogP contribution < -0.4 is 0 Å². The maximum Gasteiger partial charge on any atom is 0.416 e. The molecule has 0 saturated carbocycles. The average molecular weight is 269 g/mol. The van der Waals surface area contributed by atoms with Crippen LogP contribution in [0.2, 0.25) is 5.02 Å². The third-order valence-electron chi connectivity index (χ3n) is 2.09. The van der Waals surface area contributed by atoms with Crippen molar-refractivity contribution in [2.45, 2.75) is 19.0 Å². The zero-order chi connectivity index (χ0) is 13.2. The number of carboxylic acid groups (broad SMARTS) is 1. The molecule has 0 atom stereocenters. The zero-order valence-electron chi connectivity index (χ0n) is 8.38. The lowest BCUT2D eigenvalue weighted by atomic mass is 10.0. The maximum absolute atomic E-state index is 12.6. The summed E-state index contributed by atoms with van der Waals surface area (Å²) in [4.78, 5) is 10.3. The van der Waals surface area contributed by atoms with Crippen molar-refractivity contribution in [2.75, 3.05) is 0 Å². The number of carboxylic acids is 1. The van der Waals surface area contributed by atoms with Crippen molar-refractivity contribution in [1.82, 2.24) is 0 Å². The fraction of sp³-hybridized carbons (Fsp3) is 0.300. The summed E-state index contributed by atoms with van der Waals surface area (Å²) in [5, 5.41) is 17.3. The van der Waals surface area contributed by atoms with Gasteiger partial charge in [0.15, 0.2) is 0 Å². The number of aliphatic carboxylic acids is 1. The van der Waals surface area contributed by atoms with Crippen LogP contribution in [0.3, 0.4) is 0 Å². The van der Waals surface area contributed by atoms with E-state index in [4.69, 9.17) is 21.8 Å². The quantitative estimate of drug-likeness (QED) is 0.886. The predicted molar refractivity (Wildman–Crippen MR) is 54.1 cm³/mol. The van der Waals surface area contributed by atoms with E-state index in [1.807, 2.05) is 0 Å². The van der Waals surface area contributed by atoms with E-state index in [9.17, 15) is 18.0 Å². The van der Waals surface area contributed by atoms with Gasteiger partial charge < -0.3 is 10.2 Å². The van der Waals surface area contributed by atoms with Crippen LogP contribution in [0, 0.1) is 0 Å². The van der Waals surface area contributed by atoms with Crippen LogP contribution in [0.4, 0.5) is 13.2 Å². The molecule has 1 aromatic carbocycles. The largest absolute Gasteiger partial charge is 0.506 e. The zero-order valence-corrected chi connectivity index (χ0v) is 9.14. The van der Waals surface area contributed by atoms with Gasteiger partial charge in [0.2, 0.25) is 0 Å². The SMILES string of the molecule is O=C(O)CCc1cc(Cl)c(O)cc1C(F)(F)F. The number of halogens is 4. The molecule has 7 heteroatoms. The molecular formula is C10H8ClF3O3. The number of benzene rings is 1. The minimum Gasteiger partial charge on any atom is -0.506 e. The number of phenols is 1. The second-order valence-corrected chi connectivity index (χ2v) is 3.76. The second-order valence-electron chi connectivity index (χ2n) is 3.35. The molecule has 0 aliphatic heterocycles. The molecule has 0 bridgehead atoms. The third kappa shape index (κ3) is 3.52. The number of aromatic hydroxyl groups is 1. The van der Waals surface area contributed by atoms with Gasteiger partial charge in [-0.1, -0.05) is 11.6 Å². The summed E-state index contributed by atoms with van der Waals surface area (Å²) in [6.07, 6.45) is -5.40. The van der Waals surface area contributed by atoms with Crippen LogP contribution in [0.1, 0.15) is 17.5 Å². The Kier molecular flexibility index (Phi) is 3.87. The number of rotatable bonds is 3. The molecule has 17 heavy (non-hydrogen) atoms. The van der Waals surface area contributed by atoms with Crippen LogP contribution in [-0.4, -0.2) is 16.2 Å². The van der Waals surface area contributed by atoms with Gasteiger partial charge in [-0.3, -0.25) is 4.79 Å². The molecular weight excluding hydrogens is 261 g/mol. The number of phenolic OH excluding ortho intramolecular Hbond substituents is 1. The minimum atomic E-state index is -4.66. The maximum atomic E-state index is 12.6. The van der Waals surface area contributed by atoms with Gasteiger partial charge in [-0.2, -0.15) is 13.2 Å². The highest BCUT2D eigenvalue weighted by atomic mass is 35.5. The first-order chi connectivity index (χ1) is 7.71. The lowest BCUT2D eigenvalue weighted by Crippen LogP contribution is -2.10. The number of hydrogen-bond donors (Lipinski definition) is 2. The molecule has 0 spiro atoms. The summed E-state index contributed by atoms with van der Waals surface area (Å²) >= 11 is 5.49. The molecule has 94 valence electrons. The highest BCUT2D eigenvalue weighted by Gasteiger charge is 2.34. The Hall–Kier alpha value is -1.43. The van der Waals surface area contributed by atoms with E-state index in [0.29, 0.717) is 6.07 Å². The third-order valence-corrected chi connectivity index (χ3v) is 2.39. The summed E-state index contributed by atoms with van der Waals surface area (Å²) in [5.74, 6) is -1.89. The molecule has 0 heterocycles. The first-order valence-electron chi connectivity index (χ1n) is 4.52. The van der Waals surface area contributed by atoms with Crippen molar-refractivity contribution in [2.24, 2.45) is 0 Å². The van der Waals surface area contributed by atoms with Crippen LogP contribution in [0.15, 0.2) is 12.1 Å². The van der Waals surface area contributed by atoms with Crippen molar-refractivity contribution in [1.29, 1.82) is 0 Å². The van der Waals surface area contributed by atoms with Gasteiger partial charge in [0.05, 0.1) is 10.6 Å². The Bertz CT molecular complexity index is 443. The minimum absolute atomic E-state index is 0.238. The van der Waals surface area contributed by atoms with Gasteiger partial charge in [0.25, 0.3) is 0 Å². The van der Waals surface area contributed by atoms with E-state index in [0.717, 1.165) is 6.07 Å². The lowest BCUT2D eigenvalue weighted by molar-refractivity contribution is -0.140. The highest BCUT2D eigenvalue weighted by molar-refractivity contribution is 6.32. The Morgan fingerprint density at radius 2 is 1.94 bits per heavy atom. The molecule has 0 aromatic heterocycles. The smallest absolute Gasteiger partial charge is 0.416 e. The monoisotopic (exact) mass is 268 g/mol. The summed E-state index contributed by atoms with van der Waals surface area (Å²) in [6.45, 7) is 0. The van der Waals surface area contributed by atoms with Gasteiger partial charge >= 0.3 is 12.1 Å². The van der Waals surface area contributed by atoms with E-state index < -0.39 is 29.9 Å². The average Bonchev–Trinajstić information content (AvgIpc) is 2.17. The van der Waals surface area contributed by atoms with Crippen LogP contribution in [0.5, 0.6) is 5.75 Å². The van der Waals surface area contributed by atoms with Gasteiger partial charge in [-0.15, -0.1) is 0 Å². The highest BCUT2D eigenvalue weighted by Crippen LogP contribution is 2.37. The summed E-state index contributed by atoms with van der Waals surface area (Å²) in [7, 11) is 0. The topological polar surface area (TPSA) is 57.5 Å². The number of alkyl halides is 3. The van der Waals surface area contributed by atoms with E-state index in [2.05, 4.69) is 0 Å². The van der Waals surface area contributed by atoms with Gasteiger partial charge in [0, 0.05) is 6.42 Å². The van der Waals surface area contributed by atoms with Crippen molar-refractivity contribution in [3.05, 3.63) is 28.3 Å². The summed E-state index contributed by atoms with van der Waals surface area (Å²) in [6, 6.07) is 1.43. The first-order valence-corrected chi connectivity index (χ1v) is 4.90. The Balaban J connectivity index is 3.17. The fourth-order valence-corrected chi connectivity index (χ4v) is 1.50. The first kappa shape index (κ1) is 13.6. The van der Waals surface area contributed by atoms with E-state index in [1.165, 1.54) is 0 Å². The normalized spacial score (nSPS) is 11.5. The van der Waals surface area contributed by atoms with Gasteiger partial charge in [-0.05, 0) is 24.1 Å². The van der Waals surface area contributed by atoms with Gasteiger partial charge in [-0.25, -0.2) is 0 Å². The van der Waals surface area contributed by atoms with Crippen LogP contribution >= 0.6 is 11.6 Å². The molecule has 0 amide bonds. The molecule has 1 rings (SSSR count). The van der Waals surface area contributed by atoms with Crippen LogP contribution in [0.25, 0.3) is 0 Å². The van der Waals surface area contributed by atoms with Gasteiger partial charge in [0.1, 0.15) is 5.75 Å². The predicted octanol–water partition coefficient (Wildman–Crippen LogP) is 3.08. The molecule has 1 aromatic rings. The van der Waals surface area contributed by atoms with Crippen molar-refractivity contribution < 1.29 is 28.2 Å². The molecule has 0 unspecified atom stereocenters. The molecule has 0 aliphatic carbocycles. The molecule has 2 N–H and O–H groups in total. The van der Waals surface area contributed by atoms with E-state index in [1.54, 1.807) is 0 Å². The van der Waals surface area contributed by atoms with Crippen molar-refractivity contribution in [3.63, 3.8) is 0 Å². The molecule has 0 aliphatic rings. The van der Waals surface area contributed by atoms with Crippen molar-refractivity contribution >= 4 is 17.6 Å². The summed E-state index contributed by atoms with van der Waals surface area (Å²) in [5.41, 5.74) is -1.32.